The van der Waals surface area contributed by atoms with Gasteiger partial charge in [-0.1, -0.05) is 5.16 Å². The highest BCUT2D eigenvalue weighted by atomic mass is 16.5. The van der Waals surface area contributed by atoms with Gasteiger partial charge in [0.15, 0.2) is 0 Å². The molecule has 0 aliphatic heterocycles. The fourth-order valence-corrected chi connectivity index (χ4v) is 1.26. The Bertz CT molecular complexity index is 505. The monoisotopic (exact) mass is 204 g/mol. The third-order valence-electron chi connectivity index (χ3n) is 2.00. The molecule has 0 bridgehead atoms. The van der Waals surface area contributed by atoms with Crippen LogP contribution in [0, 0.1) is 6.92 Å². The van der Waals surface area contributed by atoms with Crippen LogP contribution >= 0.6 is 0 Å². The van der Waals surface area contributed by atoms with Crippen LogP contribution in [0.4, 0.5) is 0 Å². The molecule has 0 aliphatic carbocycles. The molecule has 0 amide bonds. The smallest absolute Gasteiger partial charge is 0.374 e. The minimum atomic E-state index is -1.13. The van der Waals surface area contributed by atoms with Crippen molar-refractivity contribution in [1.82, 2.24) is 10.1 Å². The van der Waals surface area contributed by atoms with Crippen molar-refractivity contribution in [3.8, 4) is 11.3 Å². The first-order valence-electron chi connectivity index (χ1n) is 4.30. The van der Waals surface area contributed by atoms with Crippen molar-refractivity contribution in [3.05, 3.63) is 35.9 Å². The molecule has 2 aromatic heterocycles. The summed E-state index contributed by atoms with van der Waals surface area (Å²) in [6.07, 6.45) is 1.66. The third-order valence-corrected chi connectivity index (χ3v) is 2.00. The van der Waals surface area contributed by atoms with Gasteiger partial charge in [0, 0.05) is 23.5 Å². The molecular formula is C10H8N2O3. The van der Waals surface area contributed by atoms with Gasteiger partial charge in [0.1, 0.15) is 5.69 Å². The highest BCUT2D eigenvalue weighted by Crippen LogP contribution is 2.20. The molecule has 0 saturated carbocycles. The predicted molar refractivity (Wildman–Crippen MR) is 51.4 cm³/mol. The number of pyridine rings is 1. The lowest BCUT2D eigenvalue weighted by Crippen LogP contribution is -1.91. The Kier molecular flexibility index (Phi) is 2.21. The van der Waals surface area contributed by atoms with Gasteiger partial charge < -0.3 is 9.63 Å². The topological polar surface area (TPSA) is 76.2 Å². The first-order chi connectivity index (χ1) is 7.18. The maximum absolute atomic E-state index is 10.6. The third kappa shape index (κ3) is 1.71. The number of carboxylic acids is 1. The first-order valence-corrected chi connectivity index (χ1v) is 4.30. The van der Waals surface area contributed by atoms with E-state index in [2.05, 4.69) is 14.7 Å². The molecule has 0 spiro atoms. The van der Waals surface area contributed by atoms with Gasteiger partial charge >= 0.3 is 5.97 Å². The molecule has 1 N–H and O–H groups in total. The van der Waals surface area contributed by atoms with Crippen molar-refractivity contribution < 1.29 is 14.4 Å². The van der Waals surface area contributed by atoms with Crippen LogP contribution in [0.5, 0.6) is 0 Å². The molecule has 0 aromatic carbocycles. The lowest BCUT2D eigenvalue weighted by atomic mass is 10.1. The van der Waals surface area contributed by atoms with Gasteiger partial charge in [-0.3, -0.25) is 4.98 Å². The van der Waals surface area contributed by atoms with Crippen molar-refractivity contribution in [3.63, 3.8) is 0 Å². The fourth-order valence-electron chi connectivity index (χ4n) is 1.26. The Balaban J connectivity index is 2.46. The number of aromatic carboxylic acids is 1. The summed E-state index contributed by atoms with van der Waals surface area (Å²) in [5, 5.41) is 12.3. The number of carboxylic acid groups (broad SMARTS) is 1. The Morgan fingerprint density at radius 3 is 2.93 bits per heavy atom. The second-order valence-electron chi connectivity index (χ2n) is 3.02. The zero-order chi connectivity index (χ0) is 10.8. The molecule has 2 heterocycles. The summed E-state index contributed by atoms with van der Waals surface area (Å²) in [6.45, 7) is 1.82. The molecule has 0 aliphatic rings. The average molecular weight is 204 g/mol. The molecular weight excluding hydrogens is 196 g/mol. The molecule has 5 nitrogen and oxygen atoms in total. The molecule has 15 heavy (non-hydrogen) atoms. The van der Waals surface area contributed by atoms with E-state index >= 15 is 0 Å². The van der Waals surface area contributed by atoms with Gasteiger partial charge in [0.05, 0.1) is 0 Å². The Morgan fingerprint density at radius 1 is 1.53 bits per heavy atom. The predicted octanol–water partition coefficient (Wildman–Crippen LogP) is 1.74. The van der Waals surface area contributed by atoms with E-state index in [0.717, 1.165) is 11.3 Å². The lowest BCUT2D eigenvalue weighted by molar-refractivity contribution is 0.0652. The fraction of sp³-hybridized carbons (Fsp3) is 0.100. The molecule has 0 atom stereocenters. The minimum absolute atomic E-state index is 0.173. The summed E-state index contributed by atoms with van der Waals surface area (Å²) >= 11 is 0. The zero-order valence-electron chi connectivity index (χ0n) is 7.97. The van der Waals surface area contributed by atoms with E-state index in [1.165, 1.54) is 6.07 Å². The van der Waals surface area contributed by atoms with E-state index in [4.69, 9.17) is 5.11 Å². The van der Waals surface area contributed by atoms with Gasteiger partial charge in [-0.25, -0.2) is 4.79 Å². The summed E-state index contributed by atoms with van der Waals surface area (Å²) in [5.74, 6) is -1.30. The number of hydrogen-bond donors (Lipinski definition) is 1. The van der Waals surface area contributed by atoms with Crippen molar-refractivity contribution in [2.45, 2.75) is 6.92 Å². The number of aromatic nitrogens is 2. The first kappa shape index (κ1) is 9.39. The summed E-state index contributed by atoms with van der Waals surface area (Å²) in [7, 11) is 0. The summed E-state index contributed by atoms with van der Waals surface area (Å²) in [6, 6.07) is 4.95. The van der Waals surface area contributed by atoms with Gasteiger partial charge in [-0.15, -0.1) is 0 Å². The summed E-state index contributed by atoms with van der Waals surface area (Å²) in [5.41, 5.74) is 2.04. The molecule has 5 heteroatoms. The van der Waals surface area contributed by atoms with Crippen LogP contribution in [0.1, 0.15) is 16.2 Å². The van der Waals surface area contributed by atoms with Crippen LogP contribution in [0.25, 0.3) is 11.3 Å². The highest BCUT2D eigenvalue weighted by molar-refractivity contribution is 5.85. The van der Waals surface area contributed by atoms with Crippen LogP contribution in [0.3, 0.4) is 0 Å². The molecule has 2 aromatic rings. The second-order valence-corrected chi connectivity index (χ2v) is 3.02. The van der Waals surface area contributed by atoms with Crippen LogP contribution in [0.2, 0.25) is 0 Å². The van der Waals surface area contributed by atoms with Crippen molar-refractivity contribution in [2.75, 3.05) is 0 Å². The number of aryl methyl sites for hydroxylation is 1. The standard InChI is InChI=1S/C10H8N2O3/c1-6-7(3-2-4-11-6)8-5-9(10(13)14)15-12-8/h2-5H,1H3,(H,13,14). The quantitative estimate of drug-likeness (QED) is 0.806. The van der Waals surface area contributed by atoms with E-state index in [9.17, 15) is 4.79 Å². The van der Waals surface area contributed by atoms with Gasteiger partial charge in [-0.2, -0.15) is 0 Å². The van der Waals surface area contributed by atoms with Crippen molar-refractivity contribution >= 4 is 5.97 Å². The molecule has 0 radical (unpaired) electrons. The van der Waals surface area contributed by atoms with Gasteiger partial charge in [0.25, 0.3) is 0 Å². The van der Waals surface area contributed by atoms with Gasteiger partial charge in [-0.05, 0) is 19.1 Å². The Morgan fingerprint density at radius 2 is 2.33 bits per heavy atom. The molecule has 0 fully saturated rings. The second kappa shape index (κ2) is 3.53. The lowest BCUT2D eigenvalue weighted by Gasteiger charge is -1.97. The number of hydrogen-bond acceptors (Lipinski definition) is 4. The van der Waals surface area contributed by atoms with E-state index in [-0.39, 0.29) is 5.76 Å². The van der Waals surface area contributed by atoms with Crippen molar-refractivity contribution in [1.29, 1.82) is 0 Å². The van der Waals surface area contributed by atoms with Crippen molar-refractivity contribution in [2.24, 2.45) is 0 Å². The van der Waals surface area contributed by atoms with E-state index in [1.54, 1.807) is 12.3 Å². The summed E-state index contributed by atoms with van der Waals surface area (Å²) in [4.78, 5) is 14.7. The van der Waals surface area contributed by atoms with Crippen LogP contribution in [-0.4, -0.2) is 21.2 Å². The van der Waals surface area contributed by atoms with E-state index in [0.29, 0.717) is 5.69 Å². The van der Waals surface area contributed by atoms with E-state index in [1.807, 2.05) is 13.0 Å². The number of rotatable bonds is 2. The Hall–Kier alpha value is -2.17. The van der Waals surface area contributed by atoms with Crippen LogP contribution in [0.15, 0.2) is 28.9 Å². The summed E-state index contributed by atoms with van der Waals surface area (Å²) < 4.78 is 4.66. The zero-order valence-corrected chi connectivity index (χ0v) is 7.97. The van der Waals surface area contributed by atoms with Crippen LogP contribution in [-0.2, 0) is 0 Å². The average Bonchev–Trinajstić information content (AvgIpc) is 2.67. The molecule has 0 saturated heterocycles. The molecule has 0 unspecified atom stereocenters. The van der Waals surface area contributed by atoms with Gasteiger partial charge in [0.2, 0.25) is 5.76 Å². The van der Waals surface area contributed by atoms with Crippen LogP contribution < -0.4 is 0 Å². The molecule has 76 valence electrons. The maximum Gasteiger partial charge on any atom is 0.374 e. The SMILES string of the molecule is Cc1ncccc1-c1cc(C(=O)O)on1. The Labute approximate surface area is 85.4 Å². The normalized spacial score (nSPS) is 10.2. The maximum atomic E-state index is 10.6. The number of nitrogens with zero attached hydrogens (tertiary/aromatic N) is 2. The minimum Gasteiger partial charge on any atom is -0.475 e. The van der Waals surface area contributed by atoms with E-state index < -0.39 is 5.97 Å². The molecule has 2 rings (SSSR count). The number of carbonyl (C=O) groups is 1. The largest absolute Gasteiger partial charge is 0.475 e. The highest BCUT2D eigenvalue weighted by Gasteiger charge is 2.13.